The number of carbonyl (C=O) groups is 1. The van der Waals surface area contributed by atoms with Crippen LogP contribution in [0.25, 0.3) is 0 Å². The summed E-state index contributed by atoms with van der Waals surface area (Å²) in [5, 5.41) is 3.25. The van der Waals surface area contributed by atoms with E-state index in [9.17, 15) is 4.79 Å². The second-order valence-corrected chi connectivity index (χ2v) is 11.0. The Hall–Kier alpha value is -3.32. The molecule has 0 fully saturated rings. The summed E-state index contributed by atoms with van der Waals surface area (Å²) in [6.07, 6.45) is 10.1. The van der Waals surface area contributed by atoms with Crippen molar-refractivity contribution >= 4 is 11.6 Å². The third-order valence-corrected chi connectivity index (χ3v) is 6.94. The first-order valence-corrected chi connectivity index (χ1v) is 13.7. The molecule has 2 heterocycles. The number of carbonyl (C=O) groups excluding carboxylic acids is 1. The number of aromatic nitrogens is 2. The van der Waals surface area contributed by atoms with Crippen molar-refractivity contribution in [2.75, 3.05) is 18.7 Å². The van der Waals surface area contributed by atoms with Gasteiger partial charge in [0.1, 0.15) is 0 Å². The van der Waals surface area contributed by atoms with E-state index < -0.39 is 0 Å². The van der Waals surface area contributed by atoms with Crippen molar-refractivity contribution in [1.82, 2.24) is 9.55 Å². The van der Waals surface area contributed by atoms with Gasteiger partial charge in [-0.3, -0.25) is 4.79 Å². The predicted molar refractivity (Wildman–Crippen MR) is 150 cm³/mol. The Labute approximate surface area is 226 Å². The van der Waals surface area contributed by atoms with Gasteiger partial charge in [0, 0.05) is 36.6 Å². The lowest BCUT2D eigenvalue weighted by molar-refractivity contribution is -0.116. The number of fused-ring (bicyclic) bond motifs is 1. The minimum absolute atomic E-state index is 0.00620. The molecule has 7 nitrogen and oxygen atoms in total. The maximum absolute atomic E-state index is 13.5. The van der Waals surface area contributed by atoms with E-state index in [-0.39, 0.29) is 24.0 Å². The average Bonchev–Trinajstić information content (AvgIpc) is 3.57. The highest BCUT2D eigenvalue weighted by Gasteiger charge is 2.26. The summed E-state index contributed by atoms with van der Waals surface area (Å²) in [5.74, 6) is 1.61. The fraction of sp³-hybridized carbons (Fsp3) is 0.484. The zero-order valence-corrected chi connectivity index (χ0v) is 23.2. The quantitative estimate of drug-likeness (QED) is 0.251. The maximum Gasteiger partial charge on any atom is 0.231 e. The topological polar surface area (TPSA) is 74.6 Å². The minimum Gasteiger partial charge on any atom is -0.454 e. The van der Waals surface area contributed by atoms with Crippen molar-refractivity contribution in [2.24, 2.45) is 0 Å². The number of hydrogen-bond donors (Lipinski definition) is 1. The van der Waals surface area contributed by atoms with Gasteiger partial charge in [-0.05, 0) is 41.0 Å². The molecular formula is C31H41N3O4. The molecule has 1 atom stereocenters. The van der Waals surface area contributed by atoms with Crippen LogP contribution in [-0.2, 0) is 28.1 Å². The van der Waals surface area contributed by atoms with Crippen LogP contribution in [0.5, 0.6) is 11.5 Å². The molecule has 0 saturated carbocycles. The van der Waals surface area contributed by atoms with Crippen LogP contribution in [0.1, 0.15) is 82.4 Å². The summed E-state index contributed by atoms with van der Waals surface area (Å²) in [5.41, 5.74) is 3.93. The van der Waals surface area contributed by atoms with E-state index in [1.807, 2.05) is 22.9 Å². The number of nitrogens with zero attached hydrogens (tertiary/aromatic N) is 2. The zero-order chi connectivity index (χ0) is 27.0. The Kier molecular flexibility index (Phi) is 9.45. The second kappa shape index (κ2) is 13.0. The van der Waals surface area contributed by atoms with Crippen molar-refractivity contribution < 1.29 is 19.0 Å². The van der Waals surface area contributed by atoms with Crippen molar-refractivity contribution in [3.8, 4) is 11.5 Å². The maximum atomic E-state index is 13.5. The molecular weight excluding hydrogens is 478 g/mol. The molecule has 1 aliphatic heterocycles. The van der Waals surface area contributed by atoms with E-state index in [2.05, 4.69) is 62.3 Å². The van der Waals surface area contributed by atoms with Gasteiger partial charge in [0.05, 0.1) is 19.5 Å². The Morgan fingerprint density at radius 2 is 2.05 bits per heavy atom. The molecule has 4 rings (SSSR count). The van der Waals surface area contributed by atoms with Crippen LogP contribution in [0.2, 0.25) is 0 Å². The molecule has 0 bridgehead atoms. The van der Waals surface area contributed by atoms with Crippen LogP contribution in [0.15, 0.2) is 55.1 Å². The van der Waals surface area contributed by atoms with E-state index in [1.165, 1.54) is 0 Å². The minimum atomic E-state index is -0.116. The van der Waals surface area contributed by atoms with Gasteiger partial charge in [-0.15, -0.1) is 0 Å². The first-order chi connectivity index (χ1) is 18.3. The first kappa shape index (κ1) is 27.7. The number of unbranched alkanes of at least 4 members (excludes halogenated alkanes) is 2. The van der Waals surface area contributed by atoms with Gasteiger partial charge in [0.15, 0.2) is 11.5 Å². The SMILES string of the molecule is CCCCCC(CC(=O)Nc1cc(COCCn2ccnc2)ccc1C(C)(C)C)c1cccc2c1OCO2. The summed E-state index contributed by atoms with van der Waals surface area (Å²) in [4.78, 5) is 17.6. The van der Waals surface area contributed by atoms with E-state index in [0.717, 1.165) is 66.1 Å². The molecule has 2 aromatic carbocycles. The van der Waals surface area contributed by atoms with Crippen LogP contribution in [-0.4, -0.2) is 28.9 Å². The molecule has 3 aromatic rings. The third-order valence-electron chi connectivity index (χ3n) is 6.94. The van der Waals surface area contributed by atoms with Crippen molar-refractivity contribution in [3.05, 3.63) is 71.8 Å². The molecule has 1 aromatic heterocycles. The number of hydrogen-bond acceptors (Lipinski definition) is 5. The lowest BCUT2D eigenvalue weighted by Gasteiger charge is -2.25. The number of nitrogens with one attached hydrogen (secondary N) is 1. The number of anilines is 1. The van der Waals surface area contributed by atoms with E-state index in [1.54, 1.807) is 12.5 Å². The lowest BCUT2D eigenvalue weighted by atomic mass is 9.85. The molecule has 0 saturated heterocycles. The summed E-state index contributed by atoms with van der Waals surface area (Å²) in [6, 6.07) is 12.2. The molecule has 1 unspecified atom stereocenters. The highest BCUT2D eigenvalue weighted by Crippen LogP contribution is 2.42. The average molecular weight is 520 g/mol. The van der Waals surface area contributed by atoms with Crippen LogP contribution in [0.4, 0.5) is 5.69 Å². The van der Waals surface area contributed by atoms with Crippen LogP contribution < -0.4 is 14.8 Å². The Balaban J connectivity index is 1.46. The number of ether oxygens (including phenoxy) is 3. The van der Waals surface area contributed by atoms with Crippen molar-refractivity contribution in [1.29, 1.82) is 0 Å². The van der Waals surface area contributed by atoms with Crippen molar-refractivity contribution in [3.63, 3.8) is 0 Å². The summed E-state index contributed by atoms with van der Waals surface area (Å²) in [7, 11) is 0. The highest BCUT2D eigenvalue weighted by molar-refractivity contribution is 5.92. The molecule has 0 radical (unpaired) electrons. The normalized spacial score (nSPS) is 13.5. The molecule has 1 N–H and O–H groups in total. The van der Waals surface area contributed by atoms with Gasteiger partial charge in [0.2, 0.25) is 12.7 Å². The standard InChI is InChI=1S/C31H41N3O4/c1-5-6-7-9-24(25-10-8-11-28-30(25)38-22-37-28)19-29(35)33-27-18-23(12-13-26(27)31(2,3)4)20-36-17-16-34-15-14-32-21-34/h8,10-15,18,21,24H,5-7,9,16-17,19-20,22H2,1-4H3,(H,33,35). The van der Waals surface area contributed by atoms with E-state index in [0.29, 0.717) is 19.6 Å². The van der Waals surface area contributed by atoms with E-state index in [4.69, 9.17) is 14.2 Å². The number of rotatable bonds is 13. The van der Waals surface area contributed by atoms with E-state index >= 15 is 0 Å². The molecule has 7 heteroatoms. The van der Waals surface area contributed by atoms with Gasteiger partial charge in [0.25, 0.3) is 0 Å². The fourth-order valence-corrected chi connectivity index (χ4v) is 4.93. The van der Waals surface area contributed by atoms with Gasteiger partial charge in [-0.25, -0.2) is 4.98 Å². The third kappa shape index (κ3) is 7.38. The molecule has 1 amide bonds. The van der Waals surface area contributed by atoms with Gasteiger partial charge in [-0.1, -0.05) is 71.2 Å². The summed E-state index contributed by atoms with van der Waals surface area (Å²) >= 11 is 0. The molecule has 1 aliphatic rings. The fourth-order valence-electron chi connectivity index (χ4n) is 4.93. The number of para-hydroxylation sites is 1. The number of amides is 1. The van der Waals surface area contributed by atoms with Crippen LogP contribution in [0.3, 0.4) is 0 Å². The molecule has 38 heavy (non-hydrogen) atoms. The Morgan fingerprint density at radius 1 is 1.18 bits per heavy atom. The Morgan fingerprint density at radius 3 is 2.82 bits per heavy atom. The zero-order valence-electron chi connectivity index (χ0n) is 23.2. The van der Waals surface area contributed by atoms with Crippen LogP contribution in [0, 0.1) is 0 Å². The van der Waals surface area contributed by atoms with Gasteiger partial charge >= 0.3 is 0 Å². The summed E-state index contributed by atoms with van der Waals surface area (Å²) < 4.78 is 19.3. The largest absolute Gasteiger partial charge is 0.454 e. The lowest BCUT2D eigenvalue weighted by Crippen LogP contribution is -2.21. The van der Waals surface area contributed by atoms with Crippen LogP contribution >= 0.6 is 0 Å². The molecule has 204 valence electrons. The van der Waals surface area contributed by atoms with Crippen molar-refractivity contribution in [2.45, 2.75) is 84.3 Å². The van der Waals surface area contributed by atoms with Gasteiger partial charge < -0.3 is 24.1 Å². The smallest absolute Gasteiger partial charge is 0.231 e. The first-order valence-electron chi connectivity index (χ1n) is 13.7. The van der Waals surface area contributed by atoms with Gasteiger partial charge in [-0.2, -0.15) is 0 Å². The number of benzene rings is 2. The predicted octanol–water partition coefficient (Wildman–Crippen LogP) is 6.82. The highest BCUT2D eigenvalue weighted by atomic mass is 16.7. The number of imidazole rings is 1. The molecule has 0 aliphatic carbocycles. The monoisotopic (exact) mass is 519 g/mol. The molecule has 0 spiro atoms. The second-order valence-electron chi connectivity index (χ2n) is 11.0. The Bertz CT molecular complexity index is 1180. The summed E-state index contributed by atoms with van der Waals surface area (Å²) in [6.45, 7) is 10.7.